The first-order valence-corrected chi connectivity index (χ1v) is 7.74. The fourth-order valence-corrected chi connectivity index (χ4v) is 2.62. The van der Waals surface area contributed by atoms with Crippen molar-refractivity contribution in [1.82, 2.24) is 5.32 Å². The summed E-state index contributed by atoms with van der Waals surface area (Å²) in [6.07, 6.45) is -0.548. The number of hydrogen-bond acceptors (Lipinski definition) is 4. The molecule has 2 rings (SSSR count). The molecule has 0 bridgehead atoms. The summed E-state index contributed by atoms with van der Waals surface area (Å²) in [5.41, 5.74) is 0. The van der Waals surface area contributed by atoms with Crippen molar-refractivity contribution in [3.63, 3.8) is 0 Å². The summed E-state index contributed by atoms with van der Waals surface area (Å²) in [5, 5.41) is 15.9. The molecule has 0 aliphatic rings. The van der Waals surface area contributed by atoms with E-state index in [-0.39, 0.29) is 12.6 Å². The van der Waals surface area contributed by atoms with Gasteiger partial charge in [0, 0.05) is 22.5 Å². The van der Waals surface area contributed by atoms with Crippen LogP contribution in [0.5, 0.6) is 5.75 Å². The van der Waals surface area contributed by atoms with Gasteiger partial charge >= 0.3 is 0 Å². The Kier molecular flexibility index (Phi) is 5.86. The van der Waals surface area contributed by atoms with E-state index in [0.29, 0.717) is 17.3 Å². The van der Waals surface area contributed by atoms with Crippen molar-refractivity contribution in [1.29, 1.82) is 0 Å². The summed E-state index contributed by atoms with van der Waals surface area (Å²) >= 11 is 7.50. The molecule has 2 N–H and O–H groups in total. The molecule has 2 aromatic rings. The fraction of sp³-hybridized carbons (Fsp3) is 0.333. The van der Waals surface area contributed by atoms with Crippen molar-refractivity contribution in [3.05, 3.63) is 51.7 Å². The number of rotatable bonds is 7. The molecule has 1 aromatic heterocycles. The van der Waals surface area contributed by atoms with Crippen LogP contribution in [0.4, 0.5) is 0 Å². The molecule has 0 amide bonds. The highest BCUT2D eigenvalue weighted by molar-refractivity contribution is 7.10. The van der Waals surface area contributed by atoms with Crippen LogP contribution in [0.2, 0.25) is 5.02 Å². The van der Waals surface area contributed by atoms with Gasteiger partial charge in [0.15, 0.2) is 0 Å². The molecular formula is C15H18ClNO2S. The summed E-state index contributed by atoms with van der Waals surface area (Å²) in [6, 6.07) is 11.5. The van der Waals surface area contributed by atoms with E-state index in [1.54, 1.807) is 35.6 Å². The van der Waals surface area contributed by atoms with E-state index < -0.39 is 6.10 Å². The van der Waals surface area contributed by atoms with Gasteiger partial charge in [-0.25, -0.2) is 0 Å². The smallest absolute Gasteiger partial charge is 0.119 e. The largest absolute Gasteiger partial charge is 0.491 e. The van der Waals surface area contributed by atoms with Crippen molar-refractivity contribution in [2.75, 3.05) is 13.2 Å². The van der Waals surface area contributed by atoms with Gasteiger partial charge in [-0.15, -0.1) is 11.3 Å². The molecule has 108 valence electrons. The highest BCUT2D eigenvalue weighted by atomic mass is 35.5. The molecule has 0 radical (unpaired) electrons. The van der Waals surface area contributed by atoms with Gasteiger partial charge in [-0.2, -0.15) is 0 Å². The standard InChI is InChI=1S/C15H18ClNO2S/c1-11(15-3-2-8-20-15)17-9-13(18)10-19-14-6-4-12(16)5-7-14/h2-8,11,13,17-18H,9-10H2,1H3/t11-,13?/m0/s1. The minimum atomic E-state index is -0.548. The first kappa shape index (κ1) is 15.3. The average molecular weight is 312 g/mol. The lowest BCUT2D eigenvalue weighted by Crippen LogP contribution is -2.32. The number of aliphatic hydroxyl groups excluding tert-OH is 1. The van der Waals surface area contributed by atoms with Crippen molar-refractivity contribution in [2.45, 2.75) is 19.1 Å². The second-order valence-electron chi connectivity index (χ2n) is 4.56. The molecule has 1 unspecified atom stereocenters. The topological polar surface area (TPSA) is 41.5 Å². The van der Waals surface area contributed by atoms with Gasteiger partial charge in [0.05, 0.1) is 0 Å². The summed E-state index contributed by atoms with van der Waals surface area (Å²) in [7, 11) is 0. The zero-order valence-electron chi connectivity index (χ0n) is 11.3. The third kappa shape index (κ3) is 4.80. The molecule has 0 saturated heterocycles. The van der Waals surface area contributed by atoms with Crippen molar-refractivity contribution >= 4 is 22.9 Å². The first-order chi connectivity index (χ1) is 9.65. The summed E-state index contributed by atoms with van der Waals surface area (Å²) < 4.78 is 5.50. The number of thiophene rings is 1. The van der Waals surface area contributed by atoms with Crippen LogP contribution in [0.3, 0.4) is 0 Å². The summed E-state index contributed by atoms with van der Waals surface area (Å²) in [5.74, 6) is 0.708. The molecule has 5 heteroatoms. The highest BCUT2D eigenvalue weighted by Gasteiger charge is 2.10. The zero-order chi connectivity index (χ0) is 14.4. The summed E-state index contributed by atoms with van der Waals surface area (Å²) in [6.45, 7) is 2.83. The van der Waals surface area contributed by atoms with Crippen LogP contribution in [-0.4, -0.2) is 24.4 Å². The maximum Gasteiger partial charge on any atom is 0.119 e. The second kappa shape index (κ2) is 7.64. The second-order valence-corrected chi connectivity index (χ2v) is 5.98. The van der Waals surface area contributed by atoms with E-state index in [2.05, 4.69) is 18.3 Å². The number of benzene rings is 1. The molecule has 0 spiro atoms. The van der Waals surface area contributed by atoms with E-state index >= 15 is 0 Å². The van der Waals surface area contributed by atoms with Crippen LogP contribution in [0, 0.1) is 0 Å². The maximum atomic E-state index is 9.90. The minimum absolute atomic E-state index is 0.236. The Bertz CT molecular complexity index is 501. The van der Waals surface area contributed by atoms with Crippen molar-refractivity contribution < 1.29 is 9.84 Å². The maximum absolute atomic E-state index is 9.90. The van der Waals surface area contributed by atoms with E-state index in [1.165, 1.54) is 4.88 Å². The van der Waals surface area contributed by atoms with Gasteiger partial charge in [0.1, 0.15) is 18.5 Å². The molecular weight excluding hydrogens is 294 g/mol. The van der Waals surface area contributed by atoms with Gasteiger partial charge in [-0.3, -0.25) is 0 Å². The molecule has 1 heterocycles. The molecule has 1 aromatic carbocycles. The molecule has 20 heavy (non-hydrogen) atoms. The molecule has 0 aliphatic carbocycles. The lowest BCUT2D eigenvalue weighted by atomic mass is 10.2. The third-order valence-corrected chi connectivity index (χ3v) is 4.19. The van der Waals surface area contributed by atoms with Crippen LogP contribution in [-0.2, 0) is 0 Å². The predicted octanol–water partition coefficient (Wildman–Crippen LogP) is 3.49. The quantitative estimate of drug-likeness (QED) is 0.822. The van der Waals surface area contributed by atoms with Gasteiger partial charge in [-0.05, 0) is 42.6 Å². The fourth-order valence-electron chi connectivity index (χ4n) is 1.73. The van der Waals surface area contributed by atoms with Gasteiger partial charge in [-0.1, -0.05) is 17.7 Å². The Labute approximate surface area is 128 Å². The van der Waals surface area contributed by atoms with E-state index in [0.717, 1.165) is 0 Å². The Morgan fingerprint density at radius 1 is 1.30 bits per heavy atom. The SMILES string of the molecule is C[C@H](NCC(O)COc1ccc(Cl)cc1)c1cccs1. The van der Waals surface area contributed by atoms with Crippen LogP contribution >= 0.6 is 22.9 Å². The Morgan fingerprint density at radius 3 is 2.70 bits per heavy atom. The van der Waals surface area contributed by atoms with Gasteiger partial charge in [0.2, 0.25) is 0 Å². The summed E-state index contributed by atoms with van der Waals surface area (Å²) in [4.78, 5) is 1.26. The third-order valence-electron chi connectivity index (χ3n) is 2.89. The minimum Gasteiger partial charge on any atom is -0.491 e. The molecule has 2 atom stereocenters. The Hall–Kier alpha value is -1.07. The molecule has 3 nitrogen and oxygen atoms in total. The lowest BCUT2D eigenvalue weighted by molar-refractivity contribution is 0.104. The first-order valence-electron chi connectivity index (χ1n) is 6.48. The van der Waals surface area contributed by atoms with Crippen LogP contribution in [0.15, 0.2) is 41.8 Å². The number of aliphatic hydroxyl groups is 1. The van der Waals surface area contributed by atoms with Crippen LogP contribution in [0.25, 0.3) is 0 Å². The van der Waals surface area contributed by atoms with Gasteiger partial charge < -0.3 is 15.2 Å². The van der Waals surface area contributed by atoms with Crippen molar-refractivity contribution in [3.8, 4) is 5.75 Å². The zero-order valence-corrected chi connectivity index (χ0v) is 12.8. The van der Waals surface area contributed by atoms with E-state index in [1.807, 2.05) is 11.4 Å². The molecule has 0 aliphatic heterocycles. The highest BCUT2D eigenvalue weighted by Crippen LogP contribution is 2.18. The molecule has 0 saturated carbocycles. The number of halogens is 1. The Morgan fingerprint density at radius 2 is 2.05 bits per heavy atom. The number of hydrogen-bond donors (Lipinski definition) is 2. The van der Waals surface area contributed by atoms with Gasteiger partial charge in [0.25, 0.3) is 0 Å². The predicted molar refractivity (Wildman–Crippen MR) is 83.7 cm³/mol. The number of nitrogens with one attached hydrogen (secondary N) is 1. The normalized spacial score (nSPS) is 13.9. The van der Waals surface area contributed by atoms with E-state index in [4.69, 9.17) is 16.3 Å². The average Bonchev–Trinajstić information content (AvgIpc) is 2.98. The monoisotopic (exact) mass is 311 g/mol. The van der Waals surface area contributed by atoms with Crippen LogP contribution < -0.4 is 10.1 Å². The van der Waals surface area contributed by atoms with Crippen LogP contribution in [0.1, 0.15) is 17.8 Å². The van der Waals surface area contributed by atoms with E-state index in [9.17, 15) is 5.11 Å². The lowest BCUT2D eigenvalue weighted by Gasteiger charge is -2.16. The molecule has 0 fully saturated rings. The van der Waals surface area contributed by atoms with Crippen molar-refractivity contribution in [2.24, 2.45) is 0 Å². The number of ether oxygens (including phenoxy) is 1. The Balaban J connectivity index is 1.70.